The Morgan fingerprint density at radius 3 is 2.65 bits per heavy atom. The maximum Gasteiger partial charge on any atom is 0.450 e. The van der Waals surface area contributed by atoms with Crippen LogP contribution in [0.25, 0.3) is 11.5 Å². The number of alkyl halides is 3. The lowest BCUT2D eigenvalue weighted by Crippen LogP contribution is -2.27. The first kappa shape index (κ1) is 14.6. The van der Waals surface area contributed by atoms with Gasteiger partial charge in [-0.15, -0.1) is 0 Å². The van der Waals surface area contributed by atoms with Crippen molar-refractivity contribution in [3.63, 3.8) is 0 Å². The summed E-state index contributed by atoms with van der Waals surface area (Å²) in [5.41, 5.74) is 0.329. The molecule has 0 amide bonds. The van der Waals surface area contributed by atoms with Crippen LogP contribution in [-0.4, -0.2) is 27.1 Å². The van der Waals surface area contributed by atoms with E-state index in [1.54, 1.807) is 12.1 Å². The van der Waals surface area contributed by atoms with E-state index >= 15 is 0 Å². The van der Waals surface area contributed by atoms with Crippen molar-refractivity contribution >= 4 is 21.7 Å². The van der Waals surface area contributed by atoms with E-state index in [-0.39, 0.29) is 5.82 Å². The lowest BCUT2D eigenvalue weighted by molar-refractivity contribution is -0.172. The largest absolute Gasteiger partial charge is 0.450 e. The topological polar surface area (TPSA) is 68.9 Å². The molecule has 0 spiro atoms. The Kier molecular flexibility index (Phi) is 3.89. The van der Waals surface area contributed by atoms with Gasteiger partial charge in [-0.1, -0.05) is 5.16 Å². The molecule has 9 heteroatoms. The van der Waals surface area contributed by atoms with Gasteiger partial charge in [-0.2, -0.15) is 18.2 Å². The molecule has 0 saturated heterocycles. The van der Waals surface area contributed by atoms with Crippen LogP contribution in [0.15, 0.2) is 27.3 Å². The van der Waals surface area contributed by atoms with Gasteiger partial charge in [0.05, 0.1) is 0 Å². The normalized spacial score (nSPS) is 13.2. The smallest absolute Gasteiger partial charge is 0.338 e. The minimum atomic E-state index is -4.94. The minimum Gasteiger partial charge on any atom is -0.338 e. The summed E-state index contributed by atoms with van der Waals surface area (Å²) < 4.78 is 42.3. The van der Waals surface area contributed by atoms with Gasteiger partial charge >= 0.3 is 6.18 Å². The van der Waals surface area contributed by atoms with E-state index in [0.717, 1.165) is 11.4 Å². The Bertz CT molecular complexity index is 625. The van der Waals surface area contributed by atoms with E-state index in [4.69, 9.17) is 4.52 Å². The molecule has 0 bridgehead atoms. The molecule has 2 aromatic heterocycles. The monoisotopic (exact) mass is 349 g/mol. The molecule has 0 aliphatic heterocycles. The number of pyridine rings is 1. The van der Waals surface area contributed by atoms with Crippen LogP contribution in [0, 0.1) is 0 Å². The van der Waals surface area contributed by atoms with Crippen molar-refractivity contribution in [2.75, 3.05) is 0 Å². The first-order chi connectivity index (χ1) is 9.29. The van der Waals surface area contributed by atoms with Crippen molar-refractivity contribution in [3.05, 3.63) is 28.7 Å². The van der Waals surface area contributed by atoms with E-state index in [1.807, 2.05) is 0 Å². The number of aromatic nitrogens is 3. The molecule has 1 unspecified atom stereocenters. The van der Waals surface area contributed by atoms with E-state index in [0.29, 0.717) is 5.69 Å². The Morgan fingerprint density at radius 2 is 2.10 bits per heavy atom. The highest BCUT2D eigenvalue weighted by molar-refractivity contribution is 9.10. The molecule has 0 aliphatic carbocycles. The summed E-state index contributed by atoms with van der Waals surface area (Å²) in [4.78, 5) is 18.8. The van der Waals surface area contributed by atoms with Crippen LogP contribution in [0.2, 0.25) is 0 Å². The molecule has 2 heterocycles. The quantitative estimate of drug-likeness (QED) is 0.851. The van der Waals surface area contributed by atoms with Crippen molar-refractivity contribution in [2.24, 2.45) is 0 Å². The van der Waals surface area contributed by atoms with Gasteiger partial charge in [0.15, 0.2) is 0 Å². The highest BCUT2D eigenvalue weighted by Crippen LogP contribution is 2.27. The van der Waals surface area contributed by atoms with Crippen molar-refractivity contribution in [1.29, 1.82) is 0 Å². The average Bonchev–Trinajstić information content (AvgIpc) is 2.86. The summed E-state index contributed by atoms with van der Waals surface area (Å²) in [6.07, 6.45) is -3.46. The molecule has 0 fully saturated rings. The van der Waals surface area contributed by atoms with Crippen LogP contribution in [-0.2, 0) is 4.79 Å². The molecular formula is C11H7BrF3N3O2. The first-order valence-electron chi connectivity index (χ1n) is 5.35. The summed E-state index contributed by atoms with van der Waals surface area (Å²) >= 11 is 3.19. The number of carbonyl (C=O) groups excluding carboxylic acids is 1. The van der Waals surface area contributed by atoms with Crippen LogP contribution in [0.4, 0.5) is 13.2 Å². The van der Waals surface area contributed by atoms with Gasteiger partial charge < -0.3 is 4.52 Å². The average molecular weight is 350 g/mol. The van der Waals surface area contributed by atoms with Crippen molar-refractivity contribution in [1.82, 2.24) is 15.1 Å². The zero-order chi connectivity index (χ0) is 14.9. The molecule has 0 saturated carbocycles. The molecule has 20 heavy (non-hydrogen) atoms. The molecule has 0 N–H and O–H groups in total. The summed E-state index contributed by atoms with van der Waals surface area (Å²) in [6.45, 7) is 1.06. The predicted octanol–water partition coefficient (Wildman–Crippen LogP) is 3.13. The minimum absolute atomic E-state index is 0.0225. The molecule has 2 aromatic rings. The Balaban J connectivity index is 2.25. The molecule has 2 rings (SSSR count). The van der Waals surface area contributed by atoms with E-state index < -0.39 is 23.8 Å². The number of hydrogen-bond acceptors (Lipinski definition) is 5. The Morgan fingerprint density at radius 1 is 1.40 bits per heavy atom. The third kappa shape index (κ3) is 3.03. The molecule has 106 valence electrons. The second kappa shape index (κ2) is 5.31. The number of nitrogens with zero attached hydrogens (tertiary/aromatic N) is 3. The van der Waals surface area contributed by atoms with Gasteiger partial charge in [0.1, 0.15) is 11.6 Å². The van der Waals surface area contributed by atoms with Crippen LogP contribution in [0.3, 0.4) is 0 Å². The van der Waals surface area contributed by atoms with Gasteiger partial charge in [0, 0.05) is 10.7 Å². The zero-order valence-corrected chi connectivity index (χ0v) is 11.6. The van der Waals surface area contributed by atoms with Gasteiger partial charge in [0.2, 0.25) is 17.5 Å². The summed E-state index contributed by atoms with van der Waals surface area (Å²) in [5.74, 6) is -3.86. The second-order valence-electron chi connectivity index (χ2n) is 3.90. The fraction of sp³-hybridized carbons (Fsp3) is 0.273. The zero-order valence-electron chi connectivity index (χ0n) is 9.98. The SMILES string of the molecule is CC(C(=O)C(F)(F)F)c1nc(-c2ccc(Br)cn2)no1. The molecule has 5 nitrogen and oxygen atoms in total. The van der Waals surface area contributed by atoms with Gasteiger partial charge in [-0.3, -0.25) is 9.78 Å². The Hall–Kier alpha value is -1.77. The van der Waals surface area contributed by atoms with Gasteiger partial charge in [0.25, 0.3) is 0 Å². The standard InChI is InChI=1S/C11H7BrF3N3O2/c1-5(8(19)11(13,14)15)10-17-9(18-20-10)7-3-2-6(12)4-16-7/h2-5H,1H3. The number of ketones is 1. The maximum absolute atomic E-state index is 12.3. The Labute approximate surface area is 119 Å². The summed E-state index contributed by atoms with van der Waals surface area (Å²) in [6, 6.07) is 3.23. The second-order valence-corrected chi connectivity index (χ2v) is 4.82. The lowest BCUT2D eigenvalue weighted by Gasteiger charge is -2.08. The van der Waals surface area contributed by atoms with E-state index in [2.05, 4.69) is 31.1 Å². The number of halogens is 4. The number of carbonyl (C=O) groups is 1. The predicted molar refractivity (Wildman–Crippen MR) is 64.7 cm³/mol. The van der Waals surface area contributed by atoms with Crippen LogP contribution < -0.4 is 0 Å². The van der Waals surface area contributed by atoms with Crippen molar-refractivity contribution in [2.45, 2.75) is 19.0 Å². The molecule has 0 aromatic carbocycles. The number of rotatable bonds is 3. The lowest BCUT2D eigenvalue weighted by atomic mass is 10.1. The molecular weight excluding hydrogens is 343 g/mol. The van der Waals surface area contributed by atoms with Crippen molar-refractivity contribution in [3.8, 4) is 11.5 Å². The van der Waals surface area contributed by atoms with Crippen molar-refractivity contribution < 1.29 is 22.5 Å². The summed E-state index contributed by atoms with van der Waals surface area (Å²) in [5, 5.41) is 3.52. The fourth-order valence-corrected chi connectivity index (χ4v) is 1.62. The molecule has 0 radical (unpaired) electrons. The molecule has 0 aliphatic rings. The maximum atomic E-state index is 12.3. The van der Waals surface area contributed by atoms with E-state index in [9.17, 15) is 18.0 Å². The fourth-order valence-electron chi connectivity index (χ4n) is 1.38. The third-order valence-corrected chi connectivity index (χ3v) is 2.91. The first-order valence-corrected chi connectivity index (χ1v) is 6.15. The number of hydrogen-bond donors (Lipinski definition) is 0. The number of Topliss-reactive ketones (excluding diaryl/α,β-unsaturated/α-hetero) is 1. The van der Waals surface area contributed by atoms with Crippen LogP contribution >= 0.6 is 15.9 Å². The molecule has 1 atom stereocenters. The third-order valence-electron chi connectivity index (χ3n) is 2.44. The highest BCUT2D eigenvalue weighted by atomic mass is 79.9. The highest BCUT2D eigenvalue weighted by Gasteiger charge is 2.44. The van der Waals surface area contributed by atoms with E-state index in [1.165, 1.54) is 6.20 Å². The van der Waals surface area contributed by atoms with Crippen LogP contribution in [0.5, 0.6) is 0 Å². The van der Waals surface area contributed by atoms with Crippen LogP contribution in [0.1, 0.15) is 18.7 Å². The van der Waals surface area contributed by atoms with Gasteiger partial charge in [-0.05, 0) is 35.0 Å². The summed E-state index contributed by atoms with van der Waals surface area (Å²) in [7, 11) is 0. The van der Waals surface area contributed by atoms with Gasteiger partial charge in [-0.25, -0.2) is 0 Å².